The van der Waals surface area contributed by atoms with Gasteiger partial charge in [-0.2, -0.15) is 0 Å². The van der Waals surface area contributed by atoms with Crippen LogP contribution in [0, 0.1) is 5.41 Å². The number of rotatable bonds is 4. The van der Waals surface area contributed by atoms with Crippen molar-refractivity contribution in [2.24, 2.45) is 5.41 Å². The molecule has 16 heavy (non-hydrogen) atoms. The van der Waals surface area contributed by atoms with Gasteiger partial charge in [-0.1, -0.05) is 32.9 Å². The van der Waals surface area contributed by atoms with E-state index in [4.69, 9.17) is 4.74 Å². The molecule has 0 bridgehead atoms. The topological polar surface area (TPSA) is 26.3 Å². The molecule has 0 spiro atoms. The van der Waals surface area contributed by atoms with E-state index in [0.717, 1.165) is 17.7 Å². The van der Waals surface area contributed by atoms with Crippen molar-refractivity contribution in [1.29, 1.82) is 0 Å². The Morgan fingerprint density at radius 2 is 2.00 bits per heavy atom. The third-order valence-electron chi connectivity index (χ3n) is 2.49. The van der Waals surface area contributed by atoms with Crippen LogP contribution in [0.25, 0.3) is 0 Å². The van der Waals surface area contributed by atoms with Crippen LogP contribution in [-0.4, -0.2) is 12.9 Å². The summed E-state index contributed by atoms with van der Waals surface area (Å²) in [6.45, 7) is 6.43. The van der Waals surface area contributed by atoms with Gasteiger partial charge in [0.2, 0.25) is 0 Å². The highest BCUT2D eigenvalue weighted by molar-refractivity contribution is 5.96. The fraction of sp³-hybridized carbons (Fsp3) is 0.500. The maximum atomic E-state index is 11.9. The summed E-state index contributed by atoms with van der Waals surface area (Å²) in [5.74, 6) is 0.926. The number of benzene rings is 1. The highest BCUT2D eigenvalue weighted by Gasteiger charge is 2.14. The molecule has 0 heterocycles. The number of hydrogen-bond acceptors (Lipinski definition) is 2. The van der Waals surface area contributed by atoms with Crippen LogP contribution in [0.4, 0.5) is 0 Å². The first kappa shape index (κ1) is 12.8. The average Bonchev–Trinajstić information content (AvgIpc) is 2.25. The number of carbonyl (C=O) groups is 1. The van der Waals surface area contributed by atoms with E-state index >= 15 is 0 Å². The molecule has 2 heteroatoms. The zero-order valence-corrected chi connectivity index (χ0v) is 10.5. The Morgan fingerprint density at radius 1 is 1.31 bits per heavy atom. The minimum absolute atomic E-state index is 0.189. The number of hydrogen-bond donors (Lipinski definition) is 0. The van der Waals surface area contributed by atoms with Gasteiger partial charge >= 0.3 is 0 Å². The second-order valence-electron chi connectivity index (χ2n) is 5.22. The van der Waals surface area contributed by atoms with Crippen LogP contribution in [0.1, 0.15) is 44.0 Å². The highest BCUT2D eigenvalue weighted by atomic mass is 16.5. The van der Waals surface area contributed by atoms with Gasteiger partial charge in [0.1, 0.15) is 5.75 Å². The summed E-state index contributed by atoms with van der Waals surface area (Å²) in [5.41, 5.74) is 0.942. The second kappa shape index (κ2) is 5.15. The maximum Gasteiger partial charge on any atom is 0.163 e. The number of ketones is 1. The van der Waals surface area contributed by atoms with Crippen LogP contribution in [0.5, 0.6) is 5.75 Å². The molecule has 0 aromatic heterocycles. The normalized spacial score (nSPS) is 11.2. The van der Waals surface area contributed by atoms with Gasteiger partial charge in [-0.25, -0.2) is 0 Å². The van der Waals surface area contributed by atoms with Gasteiger partial charge in [0.25, 0.3) is 0 Å². The quantitative estimate of drug-likeness (QED) is 0.723. The predicted molar refractivity (Wildman–Crippen MR) is 66.0 cm³/mol. The average molecular weight is 220 g/mol. The molecule has 0 fully saturated rings. The first-order chi connectivity index (χ1) is 7.42. The van der Waals surface area contributed by atoms with Gasteiger partial charge in [-0.3, -0.25) is 4.79 Å². The van der Waals surface area contributed by atoms with Crippen LogP contribution >= 0.6 is 0 Å². The zero-order chi connectivity index (χ0) is 12.2. The molecule has 0 aliphatic carbocycles. The summed E-state index contributed by atoms with van der Waals surface area (Å²) in [7, 11) is 1.61. The molecule has 0 radical (unpaired) electrons. The molecule has 0 saturated carbocycles. The lowest BCUT2D eigenvalue weighted by Gasteiger charge is -2.17. The molecular weight excluding hydrogens is 200 g/mol. The molecule has 1 aromatic carbocycles. The van der Waals surface area contributed by atoms with Crippen molar-refractivity contribution in [3.8, 4) is 5.75 Å². The Bertz CT molecular complexity index is 361. The van der Waals surface area contributed by atoms with Crippen molar-refractivity contribution in [1.82, 2.24) is 0 Å². The molecule has 0 aliphatic rings. The lowest BCUT2D eigenvalue weighted by atomic mass is 9.88. The van der Waals surface area contributed by atoms with Crippen molar-refractivity contribution in [2.75, 3.05) is 7.11 Å². The Hall–Kier alpha value is -1.31. The van der Waals surface area contributed by atoms with Crippen molar-refractivity contribution < 1.29 is 9.53 Å². The summed E-state index contributed by atoms with van der Waals surface area (Å²) in [5, 5.41) is 0. The number of methoxy groups -OCH3 is 1. The van der Waals surface area contributed by atoms with Gasteiger partial charge in [0, 0.05) is 12.0 Å². The van der Waals surface area contributed by atoms with E-state index in [0.29, 0.717) is 6.42 Å². The van der Waals surface area contributed by atoms with Gasteiger partial charge in [0.05, 0.1) is 7.11 Å². The third-order valence-corrected chi connectivity index (χ3v) is 2.49. The minimum atomic E-state index is 0.189. The summed E-state index contributed by atoms with van der Waals surface area (Å²) in [6, 6.07) is 7.34. The van der Waals surface area contributed by atoms with Crippen molar-refractivity contribution in [2.45, 2.75) is 33.6 Å². The molecule has 0 N–H and O–H groups in total. The fourth-order valence-electron chi connectivity index (χ4n) is 1.43. The summed E-state index contributed by atoms with van der Waals surface area (Å²) in [6.07, 6.45) is 1.50. The van der Waals surface area contributed by atoms with E-state index in [1.54, 1.807) is 13.2 Å². The van der Waals surface area contributed by atoms with Gasteiger partial charge in [-0.05, 0) is 24.0 Å². The predicted octanol–water partition coefficient (Wildman–Crippen LogP) is 3.70. The van der Waals surface area contributed by atoms with Crippen LogP contribution in [0.2, 0.25) is 0 Å². The molecule has 2 nitrogen and oxygen atoms in total. The largest absolute Gasteiger partial charge is 0.497 e. The van der Waals surface area contributed by atoms with Crippen LogP contribution in [0.3, 0.4) is 0 Å². The first-order valence-electron chi connectivity index (χ1n) is 5.59. The lowest BCUT2D eigenvalue weighted by molar-refractivity contribution is 0.0965. The minimum Gasteiger partial charge on any atom is -0.497 e. The smallest absolute Gasteiger partial charge is 0.163 e. The Morgan fingerprint density at radius 3 is 2.56 bits per heavy atom. The van der Waals surface area contributed by atoms with E-state index in [1.165, 1.54) is 0 Å². The SMILES string of the molecule is COc1cccc(C(=O)CCC(C)(C)C)c1. The number of ether oxygens (including phenoxy) is 1. The van der Waals surface area contributed by atoms with Gasteiger partial charge < -0.3 is 4.74 Å². The second-order valence-corrected chi connectivity index (χ2v) is 5.22. The molecule has 0 amide bonds. The molecular formula is C14H20O2. The molecule has 1 rings (SSSR count). The van der Waals surface area contributed by atoms with E-state index < -0.39 is 0 Å². The maximum absolute atomic E-state index is 11.9. The Kier molecular flexibility index (Phi) is 4.11. The fourth-order valence-corrected chi connectivity index (χ4v) is 1.43. The standard InChI is InChI=1S/C14H20O2/c1-14(2,3)9-8-13(15)11-6-5-7-12(10-11)16-4/h5-7,10H,8-9H2,1-4H3. The molecule has 88 valence electrons. The Balaban J connectivity index is 2.66. The molecule has 0 aliphatic heterocycles. The molecule has 0 unspecified atom stereocenters. The van der Waals surface area contributed by atoms with E-state index in [2.05, 4.69) is 20.8 Å². The summed E-state index contributed by atoms with van der Waals surface area (Å²) < 4.78 is 5.10. The monoisotopic (exact) mass is 220 g/mol. The van der Waals surface area contributed by atoms with E-state index in [9.17, 15) is 4.79 Å². The summed E-state index contributed by atoms with van der Waals surface area (Å²) >= 11 is 0. The van der Waals surface area contributed by atoms with Crippen molar-refractivity contribution in [3.05, 3.63) is 29.8 Å². The number of carbonyl (C=O) groups excluding carboxylic acids is 1. The van der Waals surface area contributed by atoms with Gasteiger partial charge in [-0.15, -0.1) is 0 Å². The van der Waals surface area contributed by atoms with E-state index in [1.807, 2.05) is 18.2 Å². The van der Waals surface area contributed by atoms with Gasteiger partial charge in [0.15, 0.2) is 5.78 Å². The van der Waals surface area contributed by atoms with E-state index in [-0.39, 0.29) is 11.2 Å². The third kappa shape index (κ3) is 4.05. The van der Waals surface area contributed by atoms with Crippen LogP contribution in [-0.2, 0) is 0 Å². The van der Waals surface area contributed by atoms with Crippen LogP contribution in [0.15, 0.2) is 24.3 Å². The highest BCUT2D eigenvalue weighted by Crippen LogP contribution is 2.22. The summed E-state index contributed by atoms with van der Waals surface area (Å²) in [4.78, 5) is 11.9. The number of Topliss-reactive ketones (excluding diaryl/α,β-unsaturated/α-hetero) is 1. The molecule has 0 atom stereocenters. The van der Waals surface area contributed by atoms with Crippen molar-refractivity contribution in [3.63, 3.8) is 0 Å². The zero-order valence-electron chi connectivity index (χ0n) is 10.5. The first-order valence-corrected chi connectivity index (χ1v) is 5.59. The van der Waals surface area contributed by atoms with Crippen molar-refractivity contribution >= 4 is 5.78 Å². The molecule has 0 saturated heterocycles. The van der Waals surface area contributed by atoms with Crippen LogP contribution < -0.4 is 4.74 Å². The molecule has 1 aromatic rings. The lowest BCUT2D eigenvalue weighted by Crippen LogP contribution is -2.09. The Labute approximate surface area is 97.6 Å².